The molecule has 24 heavy (non-hydrogen) atoms. The highest BCUT2D eigenvalue weighted by atomic mass is 16.3. The molecular weight excluding hydrogens is 310 g/mol. The summed E-state index contributed by atoms with van der Waals surface area (Å²) in [6.45, 7) is 2.13. The third kappa shape index (κ3) is 2.20. The van der Waals surface area contributed by atoms with Crippen LogP contribution in [0.15, 0.2) is 38.6 Å². The van der Waals surface area contributed by atoms with Crippen LogP contribution in [0.1, 0.15) is 35.0 Å². The number of furan rings is 1. The molecule has 3 aromatic rings. The van der Waals surface area contributed by atoms with Gasteiger partial charge in [-0.1, -0.05) is 6.92 Å². The number of nitrogens with one attached hydrogen (secondary N) is 1. The Hall–Kier alpha value is -2.96. The van der Waals surface area contributed by atoms with Gasteiger partial charge in [0.15, 0.2) is 5.78 Å². The molecule has 4 rings (SSSR count). The summed E-state index contributed by atoms with van der Waals surface area (Å²) < 4.78 is 6.65. The van der Waals surface area contributed by atoms with Crippen molar-refractivity contribution in [2.45, 2.75) is 26.3 Å². The van der Waals surface area contributed by atoms with Crippen molar-refractivity contribution >= 4 is 16.8 Å². The minimum absolute atomic E-state index is 0.0127. The third-order valence-electron chi connectivity index (χ3n) is 4.40. The molecule has 0 radical (unpaired) electrons. The van der Waals surface area contributed by atoms with Crippen LogP contribution in [0.3, 0.4) is 0 Å². The lowest BCUT2D eigenvalue weighted by Gasteiger charge is -2.21. The van der Waals surface area contributed by atoms with E-state index in [2.05, 4.69) is 9.97 Å². The van der Waals surface area contributed by atoms with Crippen molar-refractivity contribution in [2.24, 2.45) is 5.92 Å². The fourth-order valence-electron chi connectivity index (χ4n) is 3.31. The van der Waals surface area contributed by atoms with Gasteiger partial charge in [-0.2, -0.15) is 0 Å². The zero-order valence-electron chi connectivity index (χ0n) is 13.0. The van der Waals surface area contributed by atoms with Gasteiger partial charge >= 0.3 is 5.69 Å². The lowest BCUT2D eigenvalue weighted by Crippen LogP contribution is -2.33. The van der Waals surface area contributed by atoms with Crippen LogP contribution >= 0.6 is 0 Å². The number of hydrogen-bond acceptors (Lipinski definition) is 5. The highest BCUT2D eigenvalue weighted by Crippen LogP contribution is 2.28. The van der Waals surface area contributed by atoms with Gasteiger partial charge in [-0.25, -0.2) is 9.78 Å². The molecule has 0 saturated heterocycles. The quantitative estimate of drug-likeness (QED) is 0.770. The van der Waals surface area contributed by atoms with Gasteiger partial charge in [0, 0.05) is 18.2 Å². The molecule has 0 aliphatic heterocycles. The average Bonchev–Trinajstić information content (AvgIpc) is 3.03. The largest absolute Gasteiger partial charge is 0.467 e. The van der Waals surface area contributed by atoms with Gasteiger partial charge < -0.3 is 4.42 Å². The molecule has 0 aromatic carbocycles. The summed E-state index contributed by atoms with van der Waals surface area (Å²) in [5, 5.41) is 0.318. The molecule has 122 valence electrons. The summed E-state index contributed by atoms with van der Waals surface area (Å²) in [4.78, 5) is 43.4. The van der Waals surface area contributed by atoms with Crippen molar-refractivity contribution in [1.29, 1.82) is 0 Å². The van der Waals surface area contributed by atoms with Crippen molar-refractivity contribution in [2.75, 3.05) is 0 Å². The third-order valence-corrected chi connectivity index (χ3v) is 4.40. The molecule has 0 saturated carbocycles. The minimum Gasteiger partial charge on any atom is -0.467 e. The molecule has 7 heteroatoms. The first-order valence-electron chi connectivity index (χ1n) is 7.75. The predicted octanol–water partition coefficient (Wildman–Crippen LogP) is 1.49. The number of carbonyl (C=O) groups excluding carboxylic acids is 1. The van der Waals surface area contributed by atoms with E-state index in [9.17, 15) is 14.4 Å². The highest BCUT2D eigenvalue weighted by molar-refractivity contribution is 6.02. The molecule has 0 fully saturated rings. The molecule has 1 aliphatic carbocycles. The van der Waals surface area contributed by atoms with Gasteiger partial charge in [0.25, 0.3) is 5.56 Å². The van der Waals surface area contributed by atoms with Gasteiger partial charge in [0.2, 0.25) is 0 Å². The maximum absolute atomic E-state index is 12.4. The van der Waals surface area contributed by atoms with Crippen molar-refractivity contribution < 1.29 is 9.21 Å². The fraction of sp³-hybridized carbons (Fsp3) is 0.294. The van der Waals surface area contributed by atoms with E-state index in [0.29, 0.717) is 35.1 Å². The molecule has 0 unspecified atom stereocenters. The number of fused-ring (bicyclic) bond motifs is 3. The van der Waals surface area contributed by atoms with E-state index in [-0.39, 0.29) is 23.9 Å². The van der Waals surface area contributed by atoms with Crippen LogP contribution in [-0.2, 0) is 13.0 Å². The molecule has 3 heterocycles. The van der Waals surface area contributed by atoms with Gasteiger partial charge in [0.05, 0.1) is 18.2 Å². The van der Waals surface area contributed by atoms with Gasteiger partial charge in [-0.05, 0) is 30.0 Å². The number of Topliss-reactive ketones (excluding diaryl/α,β-unsaturated/α-hetero) is 1. The molecule has 0 amide bonds. The molecule has 3 aromatic heterocycles. The Morgan fingerprint density at radius 1 is 1.33 bits per heavy atom. The monoisotopic (exact) mass is 325 g/mol. The SMILES string of the molecule is C[C@H]1CC(=O)c2cnc3c(c2C1)c(=O)[nH]c(=O)n3Cc1ccco1. The van der Waals surface area contributed by atoms with Crippen LogP contribution in [0.2, 0.25) is 0 Å². The van der Waals surface area contributed by atoms with Crippen LogP contribution in [0.5, 0.6) is 0 Å². The van der Waals surface area contributed by atoms with Crippen molar-refractivity contribution in [3.63, 3.8) is 0 Å². The predicted molar refractivity (Wildman–Crippen MR) is 86.2 cm³/mol. The first kappa shape index (κ1) is 14.6. The number of carbonyl (C=O) groups is 1. The fourth-order valence-corrected chi connectivity index (χ4v) is 3.31. The zero-order valence-corrected chi connectivity index (χ0v) is 13.0. The maximum atomic E-state index is 12.4. The van der Waals surface area contributed by atoms with Crippen molar-refractivity contribution in [1.82, 2.24) is 14.5 Å². The summed E-state index contributed by atoms with van der Waals surface area (Å²) in [6.07, 6.45) is 4.06. The maximum Gasteiger partial charge on any atom is 0.330 e. The lowest BCUT2D eigenvalue weighted by molar-refractivity contribution is 0.0953. The second-order valence-corrected chi connectivity index (χ2v) is 6.21. The van der Waals surface area contributed by atoms with E-state index in [1.165, 1.54) is 17.0 Å². The molecule has 0 bridgehead atoms. The number of hydrogen-bond donors (Lipinski definition) is 1. The Labute approximate surface area is 136 Å². The summed E-state index contributed by atoms with van der Waals surface area (Å²) in [7, 11) is 0. The van der Waals surface area contributed by atoms with Crippen LogP contribution in [0.25, 0.3) is 11.0 Å². The first-order valence-corrected chi connectivity index (χ1v) is 7.75. The van der Waals surface area contributed by atoms with Crippen molar-refractivity contribution in [3.8, 4) is 0 Å². The molecule has 1 N–H and O–H groups in total. The molecule has 1 aliphatic rings. The van der Waals surface area contributed by atoms with Crippen LogP contribution in [0.4, 0.5) is 0 Å². The number of rotatable bonds is 2. The summed E-state index contributed by atoms with van der Waals surface area (Å²) in [6, 6.07) is 3.47. The molecular formula is C17H15N3O4. The van der Waals surface area contributed by atoms with E-state index in [4.69, 9.17) is 4.42 Å². The standard InChI is InChI=1S/C17H15N3O4/c1-9-5-11-12(13(21)6-9)7-18-15-14(11)16(22)19-17(23)20(15)8-10-3-2-4-24-10/h2-4,7,9H,5-6,8H2,1H3,(H,19,22,23)/t9-/m1/s1. The first-order chi connectivity index (χ1) is 11.5. The van der Waals surface area contributed by atoms with Gasteiger partial charge in [-0.3, -0.25) is 19.1 Å². The number of nitrogens with zero attached hydrogens (tertiary/aromatic N) is 2. The van der Waals surface area contributed by atoms with E-state index in [1.807, 2.05) is 6.92 Å². The van der Waals surface area contributed by atoms with Crippen LogP contribution < -0.4 is 11.2 Å². The topological polar surface area (TPSA) is 98.0 Å². The zero-order chi connectivity index (χ0) is 16.8. The summed E-state index contributed by atoms with van der Waals surface area (Å²) in [5.74, 6) is 0.719. The summed E-state index contributed by atoms with van der Waals surface area (Å²) >= 11 is 0. The molecule has 7 nitrogen and oxygen atoms in total. The second-order valence-electron chi connectivity index (χ2n) is 6.21. The Morgan fingerprint density at radius 3 is 2.92 bits per heavy atom. The van der Waals surface area contributed by atoms with Gasteiger partial charge in [0.1, 0.15) is 11.4 Å². The lowest BCUT2D eigenvalue weighted by atomic mass is 9.84. The Balaban J connectivity index is 2.02. The van der Waals surface area contributed by atoms with Gasteiger partial charge in [-0.15, -0.1) is 0 Å². The Bertz CT molecular complexity index is 1060. The normalized spacial score (nSPS) is 17.2. The van der Waals surface area contributed by atoms with E-state index >= 15 is 0 Å². The smallest absolute Gasteiger partial charge is 0.330 e. The molecule has 0 spiro atoms. The van der Waals surface area contributed by atoms with Crippen LogP contribution in [-0.4, -0.2) is 20.3 Å². The number of aromatic nitrogens is 3. The van der Waals surface area contributed by atoms with E-state index in [1.54, 1.807) is 12.1 Å². The highest BCUT2D eigenvalue weighted by Gasteiger charge is 2.27. The number of ketones is 1. The molecule has 1 atom stereocenters. The number of H-pyrrole nitrogens is 1. The number of pyridine rings is 1. The Morgan fingerprint density at radius 2 is 2.17 bits per heavy atom. The van der Waals surface area contributed by atoms with E-state index in [0.717, 1.165) is 0 Å². The van der Waals surface area contributed by atoms with Crippen LogP contribution in [0, 0.1) is 5.92 Å². The minimum atomic E-state index is -0.550. The Kier molecular flexibility index (Phi) is 3.23. The van der Waals surface area contributed by atoms with Crippen molar-refractivity contribution in [3.05, 3.63) is 62.3 Å². The summed E-state index contributed by atoms with van der Waals surface area (Å²) in [5.41, 5.74) is 0.386. The van der Waals surface area contributed by atoms with E-state index < -0.39 is 11.2 Å². The number of aromatic amines is 1. The second kappa shape index (κ2) is 5.30. The average molecular weight is 325 g/mol.